The monoisotopic (exact) mass is 391 g/mol. The standard InChI is InChI=1S/C18H18FN3O4S/c19-14-7-5-13(6-8-14)12-20-17(23)18(24)21-15-3-1-4-16(11-15)22-9-2-10-27(22,25)26/h1,3-8,11H,2,9-10,12H2,(H,20,23)(H,21,24). The van der Waals surface area contributed by atoms with E-state index in [0.29, 0.717) is 29.9 Å². The van der Waals surface area contributed by atoms with Crippen LogP contribution in [0.5, 0.6) is 0 Å². The van der Waals surface area contributed by atoms with Crippen LogP contribution in [0.2, 0.25) is 0 Å². The number of carbonyl (C=O) groups excluding carboxylic acids is 2. The zero-order valence-electron chi connectivity index (χ0n) is 14.3. The number of rotatable bonds is 4. The Morgan fingerprint density at radius 3 is 2.48 bits per heavy atom. The van der Waals surface area contributed by atoms with Gasteiger partial charge in [0, 0.05) is 18.8 Å². The van der Waals surface area contributed by atoms with Crippen molar-refractivity contribution in [2.75, 3.05) is 21.9 Å². The summed E-state index contributed by atoms with van der Waals surface area (Å²) in [5.74, 6) is -2.02. The van der Waals surface area contributed by atoms with Crippen molar-refractivity contribution in [1.82, 2.24) is 5.32 Å². The fraction of sp³-hybridized carbons (Fsp3) is 0.222. The summed E-state index contributed by atoms with van der Waals surface area (Å²) in [4.78, 5) is 24.0. The molecule has 1 aliphatic heterocycles. The van der Waals surface area contributed by atoms with Gasteiger partial charge in [0.05, 0.1) is 11.4 Å². The van der Waals surface area contributed by atoms with Crippen molar-refractivity contribution in [2.45, 2.75) is 13.0 Å². The molecule has 0 bridgehead atoms. The van der Waals surface area contributed by atoms with Gasteiger partial charge in [0.1, 0.15) is 5.82 Å². The molecule has 0 radical (unpaired) electrons. The Labute approximate surface area is 156 Å². The average Bonchev–Trinajstić information content (AvgIpc) is 3.00. The number of hydrogen-bond donors (Lipinski definition) is 2. The van der Waals surface area contributed by atoms with Gasteiger partial charge in [-0.2, -0.15) is 0 Å². The number of anilines is 2. The summed E-state index contributed by atoms with van der Waals surface area (Å²) in [7, 11) is -3.33. The van der Waals surface area contributed by atoms with Crippen molar-refractivity contribution in [3.8, 4) is 0 Å². The smallest absolute Gasteiger partial charge is 0.313 e. The van der Waals surface area contributed by atoms with E-state index in [1.54, 1.807) is 18.2 Å². The molecule has 1 aliphatic rings. The van der Waals surface area contributed by atoms with Gasteiger partial charge < -0.3 is 10.6 Å². The van der Waals surface area contributed by atoms with Crippen molar-refractivity contribution in [2.24, 2.45) is 0 Å². The van der Waals surface area contributed by atoms with E-state index in [9.17, 15) is 22.4 Å². The fourth-order valence-electron chi connectivity index (χ4n) is 2.72. The van der Waals surface area contributed by atoms with Gasteiger partial charge in [-0.1, -0.05) is 18.2 Å². The Balaban J connectivity index is 1.61. The molecule has 3 rings (SSSR count). The molecular weight excluding hydrogens is 373 g/mol. The summed E-state index contributed by atoms with van der Waals surface area (Å²) in [5, 5.41) is 4.89. The Hall–Kier alpha value is -2.94. The molecule has 2 amide bonds. The number of hydrogen-bond acceptors (Lipinski definition) is 4. The number of halogens is 1. The Kier molecular flexibility index (Phi) is 5.41. The van der Waals surface area contributed by atoms with Crippen LogP contribution in [0.15, 0.2) is 48.5 Å². The molecule has 0 saturated carbocycles. The van der Waals surface area contributed by atoms with E-state index in [1.165, 1.54) is 34.6 Å². The molecule has 2 aromatic carbocycles. The highest BCUT2D eigenvalue weighted by atomic mass is 32.2. The molecule has 7 nitrogen and oxygen atoms in total. The Morgan fingerprint density at radius 1 is 1.07 bits per heavy atom. The maximum absolute atomic E-state index is 12.9. The van der Waals surface area contributed by atoms with Crippen LogP contribution in [-0.4, -0.2) is 32.5 Å². The molecule has 0 unspecified atom stereocenters. The first kappa shape index (κ1) is 18.8. The number of nitrogens with one attached hydrogen (secondary N) is 2. The van der Waals surface area contributed by atoms with E-state index < -0.39 is 21.8 Å². The summed E-state index contributed by atoms with van der Waals surface area (Å²) in [6.07, 6.45) is 0.546. The topological polar surface area (TPSA) is 95.6 Å². The maximum Gasteiger partial charge on any atom is 0.313 e. The highest BCUT2D eigenvalue weighted by Gasteiger charge is 2.28. The highest BCUT2D eigenvalue weighted by Crippen LogP contribution is 2.26. The molecular formula is C18H18FN3O4S. The van der Waals surface area contributed by atoms with E-state index in [2.05, 4.69) is 10.6 Å². The van der Waals surface area contributed by atoms with E-state index >= 15 is 0 Å². The van der Waals surface area contributed by atoms with Crippen LogP contribution >= 0.6 is 0 Å². The number of benzene rings is 2. The Morgan fingerprint density at radius 2 is 1.81 bits per heavy atom. The number of sulfonamides is 1. The lowest BCUT2D eigenvalue weighted by molar-refractivity contribution is -0.136. The van der Waals surface area contributed by atoms with Gasteiger partial charge in [-0.05, 0) is 42.3 Å². The van der Waals surface area contributed by atoms with Gasteiger partial charge in [-0.15, -0.1) is 0 Å². The summed E-state index contributed by atoms with van der Waals surface area (Å²) in [6.45, 7) is 0.469. The molecule has 0 aliphatic carbocycles. The third-order valence-corrected chi connectivity index (χ3v) is 5.93. The zero-order chi connectivity index (χ0) is 19.4. The lowest BCUT2D eigenvalue weighted by atomic mass is 10.2. The van der Waals surface area contributed by atoms with Crippen molar-refractivity contribution in [1.29, 1.82) is 0 Å². The van der Waals surface area contributed by atoms with Crippen LogP contribution in [0.25, 0.3) is 0 Å². The zero-order valence-corrected chi connectivity index (χ0v) is 15.1. The van der Waals surface area contributed by atoms with Crippen LogP contribution in [0.1, 0.15) is 12.0 Å². The van der Waals surface area contributed by atoms with Crippen molar-refractivity contribution in [3.05, 3.63) is 59.9 Å². The molecule has 9 heteroatoms. The molecule has 0 spiro atoms. The van der Waals surface area contributed by atoms with E-state index in [-0.39, 0.29) is 18.1 Å². The third kappa shape index (κ3) is 4.62. The average molecular weight is 391 g/mol. The molecule has 2 N–H and O–H groups in total. The molecule has 0 atom stereocenters. The minimum atomic E-state index is -3.33. The van der Waals surface area contributed by atoms with E-state index in [4.69, 9.17) is 0 Å². The molecule has 1 heterocycles. The Bertz CT molecular complexity index is 961. The van der Waals surface area contributed by atoms with E-state index in [0.717, 1.165) is 0 Å². The van der Waals surface area contributed by atoms with Crippen molar-refractivity contribution < 1.29 is 22.4 Å². The van der Waals surface area contributed by atoms with Crippen molar-refractivity contribution >= 4 is 33.2 Å². The summed E-state index contributed by atoms with van der Waals surface area (Å²) < 4.78 is 38.1. The maximum atomic E-state index is 12.9. The first-order valence-electron chi connectivity index (χ1n) is 8.29. The minimum absolute atomic E-state index is 0.0819. The molecule has 0 aromatic heterocycles. The van der Waals surface area contributed by atoms with Gasteiger partial charge in [0.2, 0.25) is 10.0 Å². The molecule has 1 fully saturated rings. The minimum Gasteiger partial charge on any atom is -0.344 e. The quantitative estimate of drug-likeness (QED) is 0.775. The van der Waals surface area contributed by atoms with E-state index in [1.807, 2.05) is 0 Å². The predicted molar refractivity (Wildman–Crippen MR) is 99.1 cm³/mol. The molecule has 2 aromatic rings. The van der Waals surface area contributed by atoms with Crippen LogP contribution in [0.3, 0.4) is 0 Å². The van der Waals surface area contributed by atoms with Gasteiger partial charge >= 0.3 is 11.8 Å². The third-order valence-electron chi connectivity index (χ3n) is 4.06. The second-order valence-corrected chi connectivity index (χ2v) is 8.07. The van der Waals surface area contributed by atoms with Gasteiger partial charge in [0.15, 0.2) is 0 Å². The normalized spacial score (nSPS) is 15.4. The molecule has 142 valence electrons. The van der Waals surface area contributed by atoms with Gasteiger partial charge in [0.25, 0.3) is 0 Å². The lowest BCUT2D eigenvalue weighted by Crippen LogP contribution is -2.35. The van der Waals surface area contributed by atoms with Crippen LogP contribution in [0.4, 0.5) is 15.8 Å². The second-order valence-electron chi connectivity index (χ2n) is 6.06. The SMILES string of the molecule is O=C(NCc1ccc(F)cc1)C(=O)Nc1cccc(N2CCCS2(=O)=O)c1. The fourth-order valence-corrected chi connectivity index (χ4v) is 4.28. The van der Waals surface area contributed by atoms with Gasteiger partial charge in [-0.25, -0.2) is 12.8 Å². The summed E-state index contributed by atoms with van der Waals surface area (Å²) in [5.41, 5.74) is 1.41. The second kappa shape index (κ2) is 7.75. The number of amides is 2. The molecule has 27 heavy (non-hydrogen) atoms. The highest BCUT2D eigenvalue weighted by molar-refractivity contribution is 7.93. The van der Waals surface area contributed by atoms with Gasteiger partial charge in [-0.3, -0.25) is 13.9 Å². The summed E-state index contributed by atoms with van der Waals surface area (Å²) in [6, 6.07) is 11.9. The predicted octanol–water partition coefficient (Wildman–Crippen LogP) is 1.62. The lowest BCUT2D eigenvalue weighted by Gasteiger charge is -2.17. The first-order valence-corrected chi connectivity index (χ1v) is 9.90. The first-order chi connectivity index (χ1) is 12.8. The summed E-state index contributed by atoms with van der Waals surface area (Å²) >= 11 is 0. The van der Waals surface area contributed by atoms with Crippen LogP contribution < -0.4 is 14.9 Å². The number of carbonyl (C=O) groups is 2. The van der Waals surface area contributed by atoms with Crippen LogP contribution in [-0.2, 0) is 26.2 Å². The number of nitrogens with zero attached hydrogens (tertiary/aromatic N) is 1. The van der Waals surface area contributed by atoms with Crippen molar-refractivity contribution in [3.63, 3.8) is 0 Å². The van der Waals surface area contributed by atoms with Crippen LogP contribution in [0, 0.1) is 5.82 Å². The molecule has 1 saturated heterocycles. The largest absolute Gasteiger partial charge is 0.344 e.